The van der Waals surface area contributed by atoms with Gasteiger partial charge in [0.05, 0.1) is 42.6 Å². The maximum Gasteiger partial charge on any atom is 0.416 e. The lowest BCUT2D eigenvalue weighted by Crippen LogP contribution is -2.31. The number of halogens is 6. The van der Waals surface area contributed by atoms with E-state index in [1.807, 2.05) is 0 Å². The lowest BCUT2D eigenvalue weighted by Gasteiger charge is -2.32. The van der Waals surface area contributed by atoms with Gasteiger partial charge in [-0.3, -0.25) is 4.90 Å². The second-order valence-corrected chi connectivity index (χ2v) is 9.78. The predicted octanol–water partition coefficient (Wildman–Crippen LogP) is 4.73. The molecule has 3 N–H and O–H groups in total. The van der Waals surface area contributed by atoms with Crippen LogP contribution in [0.15, 0.2) is 30.3 Å². The summed E-state index contributed by atoms with van der Waals surface area (Å²) in [5, 5.41) is 22.2. The van der Waals surface area contributed by atoms with Crippen molar-refractivity contribution >= 4 is 17.7 Å². The molecule has 3 heterocycles. The first-order valence-electron chi connectivity index (χ1n) is 12.6. The number of hydrogen-bond donors (Lipinski definition) is 2. The monoisotopic (exact) mass is 585 g/mol. The highest BCUT2D eigenvalue weighted by Crippen LogP contribution is 2.43. The quantitative estimate of drug-likeness (QED) is 0.399. The van der Waals surface area contributed by atoms with E-state index in [2.05, 4.69) is 15.4 Å². The summed E-state index contributed by atoms with van der Waals surface area (Å²) in [7, 11) is 0. The smallest absolute Gasteiger partial charge is 0.416 e. The minimum absolute atomic E-state index is 0.0547. The van der Waals surface area contributed by atoms with Crippen LogP contribution in [0.25, 0.3) is 0 Å². The maximum absolute atomic E-state index is 13.6. The zero-order chi connectivity index (χ0) is 29.5. The summed E-state index contributed by atoms with van der Waals surface area (Å²) in [5.74, 6) is -0.0547. The number of nitrogens with two attached hydrogens (primary N) is 1. The Balaban J connectivity index is 1.66. The van der Waals surface area contributed by atoms with Crippen molar-refractivity contribution in [3.05, 3.63) is 63.7 Å². The Labute approximate surface area is 229 Å². The third kappa shape index (κ3) is 5.93. The lowest BCUT2D eigenvalue weighted by molar-refractivity contribution is -0.143. The van der Waals surface area contributed by atoms with Gasteiger partial charge in [-0.1, -0.05) is 5.10 Å². The minimum atomic E-state index is -5.03. The average molecular weight is 586 g/mol. The Morgan fingerprint density at radius 1 is 1.05 bits per heavy atom. The number of benzene rings is 2. The molecule has 1 aromatic heterocycles. The molecule has 3 aromatic rings. The van der Waals surface area contributed by atoms with Crippen molar-refractivity contribution in [2.24, 2.45) is 5.73 Å². The van der Waals surface area contributed by atoms with Gasteiger partial charge in [0, 0.05) is 19.6 Å². The van der Waals surface area contributed by atoms with Gasteiger partial charge >= 0.3 is 18.4 Å². The van der Waals surface area contributed by atoms with Gasteiger partial charge in [-0.05, 0) is 70.6 Å². The Morgan fingerprint density at radius 3 is 2.32 bits per heavy atom. The van der Waals surface area contributed by atoms with Gasteiger partial charge in [0.2, 0.25) is 0 Å². The molecule has 2 aliphatic rings. The molecule has 0 radical (unpaired) electrons. The number of carbonyl (C=O) groups is 1. The fraction of sp³-hybridized carbons (Fsp3) is 0.440. The number of nitrogens with zero attached hydrogens (tertiary/aromatic N) is 6. The molecule has 0 saturated carbocycles. The van der Waals surface area contributed by atoms with Crippen LogP contribution in [0.5, 0.6) is 0 Å². The number of fused-ring (bicyclic) bond motifs is 2. The van der Waals surface area contributed by atoms with Crippen LogP contribution in [0.1, 0.15) is 52.3 Å². The number of amides is 1. The standard InChI is InChI=1S/C25H25F6N7O3/c26-24(27,28)17-6-14(7-18(10-17)25(29,30)31)11-37(22-33-35-38(34-22)5-3-32)20-2-1-4-36(23(39)40)21-9-16-13-41-12-15(16)8-19(20)21/h6-10,20H,1-5,11-13,32H2,(H,39,40)/t20-/m0/s1. The fourth-order valence-corrected chi connectivity index (χ4v) is 5.16. The zero-order valence-electron chi connectivity index (χ0n) is 21.4. The van der Waals surface area contributed by atoms with Gasteiger partial charge < -0.3 is 20.5 Å². The van der Waals surface area contributed by atoms with E-state index in [9.17, 15) is 36.2 Å². The first-order valence-corrected chi connectivity index (χ1v) is 12.6. The molecule has 0 saturated heterocycles. The number of ether oxygens (including phenoxy) is 1. The van der Waals surface area contributed by atoms with Crippen LogP contribution >= 0.6 is 0 Å². The number of rotatable bonds is 6. The van der Waals surface area contributed by atoms with E-state index in [-0.39, 0.29) is 50.4 Å². The van der Waals surface area contributed by atoms with Gasteiger partial charge in [-0.2, -0.15) is 31.1 Å². The molecule has 16 heteroatoms. The molecule has 0 unspecified atom stereocenters. The molecule has 5 rings (SSSR count). The minimum Gasteiger partial charge on any atom is -0.465 e. The molecule has 2 aliphatic heterocycles. The first-order chi connectivity index (χ1) is 19.3. The highest BCUT2D eigenvalue weighted by Gasteiger charge is 2.38. The molecule has 1 atom stereocenters. The normalized spacial score (nSPS) is 17.2. The molecule has 1 amide bonds. The Hall–Kier alpha value is -3.92. The summed E-state index contributed by atoms with van der Waals surface area (Å²) >= 11 is 0. The molecule has 0 bridgehead atoms. The van der Waals surface area contributed by atoms with Crippen molar-refractivity contribution in [3.8, 4) is 0 Å². The fourth-order valence-electron chi connectivity index (χ4n) is 5.16. The van der Waals surface area contributed by atoms with E-state index >= 15 is 0 Å². The third-order valence-corrected chi connectivity index (χ3v) is 7.01. The summed E-state index contributed by atoms with van der Waals surface area (Å²) in [5.41, 5.74) is 4.85. The van der Waals surface area contributed by atoms with Crippen molar-refractivity contribution in [2.45, 2.75) is 57.5 Å². The van der Waals surface area contributed by atoms with E-state index in [0.29, 0.717) is 36.2 Å². The van der Waals surface area contributed by atoms with Crippen molar-refractivity contribution in [1.29, 1.82) is 0 Å². The van der Waals surface area contributed by atoms with E-state index in [1.165, 1.54) is 14.6 Å². The van der Waals surface area contributed by atoms with Gasteiger partial charge in [0.15, 0.2) is 0 Å². The summed E-state index contributed by atoms with van der Waals surface area (Å²) in [6.45, 7) is 0.555. The SMILES string of the molecule is NCCn1nnc(N(Cc2cc(C(F)(F)F)cc(C(F)(F)F)c2)[C@H]2CCCN(C(=O)O)c3cc4c(cc32)COC4)n1. The zero-order valence-corrected chi connectivity index (χ0v) is 21.4. The van der Waals surface area contributed by atoms with Crippen LogP contribution in [0.3, 0.4) is 0 Å². The second-order valence-electron chi connectivity index (χ2n) is 9.78. The molecular weight excluding hydrogens is 560 g/mol. The second kappa shape index (κ2) is 10.8. The molecule has 0 fully saturated rings. The molecule has 41 heavy (non-hydrogen) atoms. The van der Waals surface area contributed by atoms with E-state index in [0.717, 1.165) is 11.1 Å². The van der Waals surface area contributed by atoms with Crippen molar-refractivity contribution in [3.63, 3.8) is 0 Å². The third-order valence-electron chi connectivity index (χ3n) is 7.01. The first kappa shape index (κ1) is 28.6. The summed E-state index contributed by atoms with van der Waals surface area (Å²) in [6, 6.07) is 4.13. The number of anilines is 2. The summed E-state index contributed by atoms with van der Waals surface area (Å²) in [6.07, 6.45) is -10.6. The molecule has 0 aliphatic carbocycles. The Bertz CT molecular complexity index is 1410. The van der Waals surface area contributed by atoms with Crippen molar-refractivity contribution in [2.75, 3.05) is 22.9 Å². The van der Waals surface area contributed by atoms with Gasteiger partial charge in [0.25, 0.3) is 5.95 Å². The number of hydrogen-bond acceptors (Lipinski definition) is 7. The highest BCUT2D eigenvalue weighted by molar-refractivity contribution is 5.88. The van der Waals surface area contributed by atoms with Crippen LogP contribution in [-0.2, 0) is 43.4 Å². The molecule has 220 valence electrons. The highest BCUT2D eigenvalue weighted by atomic mass is 19.4. The van der Waals surface area contributed by atoms with Gasteiger partial charge in [-0.25, -0.2) is 4.79 Å². The van der Waals surface area contributed by atoms with E-state index in [1.54, 1.807) is 12.1 Å². The Morgan fingerprint density at radius 2 is 1.71 bits per heavy atom. The maximum atomic E-state index is 13.6. The van der Waals surface area contributed by atoms with E-state index in [4.69, 9.17) is 10.5 Å². The van der Waals surface area contributed by atoms with Gasteiger partial charge in [0.1, 0.15) is 0 Å². The van der Waals surface area contributed by atoms with Crippen LogP contribution in [-0.4, -0.2) is 44.5 Å². The number of aromatic nitrogens is 4. The van der Waals surface area contributed by atoms with E-state index < -0.39 is 42.2 Å². The Kier molecular flexibility index (Phi) is 7.54. The van der Waals surface area contributed by atoms with Crippen LogP contribution < -0.4 is 15.5 Å². The topological polar surface area (TPSA) is 123 Å². The van der Waals surface area contributed by atoms with Crippen molar-refractivity contribution < 1.29 is 41.0 Å². The van der Waals surface area contributed by atoms with Crippen molar-refractivity contribution in [1.82, 2.24) is 20.2 Å². The molecule has 2 aromatic carbocycles. The molecule has 0 spiro atoms. The van der Waals surface area contributed by atoms with Gasteiger partial charge in [-0.15, -0.1) is 5.10 Å². The van der Waals surface area contributed by atoms with Crippen LogP contribution in [0.2, 0.25) is 0 Å². The number of tetrazole rings is 1. The molecule has 10 nitrogen and oxygen atoms in total. The summed E-state index contributed by atoms with van der Waals surface area (Å²) < 4.78 is 87.3. The predicted molar refractivity (Wildman–Crippen MR) is 132 cm³/mol. The molecular formula is C25H25F6N7O3. The van der Waals surface area contributed by atoms with Crippen LogP contribution in [0.4, 0.5) is 42.8 Å². The largest absolute Gasteiger partial charge is 0.465 e. The number of carboxylic acid groups (broad SMARTS) is 1. The van der Waals surface area contributed by atoms with Crippen LogP contribution in [0, 0.1) is 0 Å². The lowest BCUT2D eigenvalue weighted by atomic mass is 9.95. The summed E-state index contributed by atoms with van der Waals surface area (Å²) in [4.78, 5) is 16.0. The average Bonchev–Trinajstić information content (AvgIpc) is 3.51. The number of alkyl halides is 6.